The first-order chi connectivity index (χ1) is 13.9. The Hall–Kier alpha value is -3.80. The molecule has 6 heteroatoms. The van der Waals surface area contributed by atoms with Gasteiger partial charge in [0.1, 0.15) is 0 Å². The maximum absolute atomic E-state index is 13.1. The Morgan fingerprint density at radius 1 is 1.07 bits per heavy atom. The van der Waals surface area contributed by atoms with E-state index in [2.05, 4.69) is 17.0 Å². The summed E-state index contributed by atoms with van der Waals surface area (Å²) in [4.78, 5) is 25.9. The van der Waals surface area contributed by atoms with Gasteiger partial charge in [0.2, 0.25) is 0 Å². The third-order valence-electron chi connectivity index (χ3n) is 4.81. The van der Waals surface area contributed by atoms with Gasteiger partial charge in [0.15, 0.2) is 0 Å². The highest BCUT2D eigenvalue weighted by atomic mass is 16.1. The Balaban J connectivity index is 1.85. The first-order valence-electron chi connectivity index (χ1n) is 9.36. The molecule has 0 amide bonds. The van der Waals surface area contributed by atoms with Gasteiger partial charge in [-0.3, -0.25) is 19.3 Å². The van der Waals surface area contributed by atoms with E-state index in [1.807, 2.05) is 61.5 Å². The molecule has 2 heterocycles. The summed E-state index contributed by atoms with van der Waals surface area (Å²) in [6, 6.07) is 18.7. The van der Waals surface area contributed by atoms with Crippen molar-refractivity contribution >= 4 is 16.6 Å². The zero-order chi connectivity index (χ0) is 20.5. The monoisotopic (exact) mass is 386 g/mol. The van der Waals surface area contributed by atoms with Crippen LogP contribution in [0.2, 0.25) is 0 Å². The Kier molecular flexibility index (Phi) is 4.68. The van der Waals surface area contributed by atoms with Crippen LogP contribution in [0.1, 0.15) is 18.2 Å². The molecule has 0 saturated heterocycles. The molecule has 6 nitrogen and oxygen atoms in total. The molecular weight excluding hydrogens is 364 g/mol. The molecule has 0 bridgehead atoms. The van der Waals surface area contributed by atoms with Gasteiger partial charge in [-0.25, -0.2) is 4.68 Å². The third kappa shape index (κ3) is 3.52. The molecule has 146 valence electrons. The molecule has 0 spiro atoms. The zero-order valence-electron chi connectivity index (χ0n) is 16.4. The Bertz CT molecular complexity index is 1330. The molecule has 4 rings (SSSR count). The molecule has 29 heavy (non-hydrogen) atoms. The van der Waals surface area contributed by atoms with Crippen molar-refractivity contribution in [2.24, 2.45) is 0 Å². The van der Waals surface area contributed by atoms with Gasteiger partial charge in [0, 0.05) is 23.1 Å². The predicted molar refractivity (Wildman–Crippen MR) is 117 cm³/mol. The average Bonchev–Trinajstić information content (AvgIpc) is 2.97. The van der Waals surface area contributed by atoms with Crippen LogP contribution in [0.5, 0.6) is 0 Å². The quantitative estimate of drug-likeness (QED) is 0.548. The molecule has 2 aromatic carbocycles. The van der Waals surface area contributed by atoms with Gasteiger partial charge in [-0.2, -0.15) is 0 Å². The molecule has 2 aromatic heterocycles. The molecule has 0 radical (unpaired) electrons. The largest absolute Gasteiger partial charge is 0.360 e. The van der Waals surface area contributed by atoms with Crippen molar-refractivity contribution in [3.05, 3.63) is 105 Å². The summed E-state index contributed by atoms with van der Waals surface area (Å²) in [7, 11) is 0. The van der Waals surface area contributed by atoms with Crippen molar-refractivity contribution in [3.8, 4) is 5.69 Å². The number of nitrogens with one attached hydrogen (secondary N) is 2. The molecule has 0 aliphatic heterocycles. The van der Waals surface area contributed by atoms with Crippen LogP contribution >= 0.6 is 0 Å². The number of fused-ring (bicyclic) bond motifs is 1. The molecule has 0 fully saturated rings. The van der Waals surface area contributed by atoms with Crippen LogP contribution < -0.4 is 16.4 Å². The number of aryl methyl sites for hydroxylation is 1. The van der Waals surface area contributed by atoms with E-state index in [9.17, 15) is 9.59 Å². The van der Waals surface area contributed by atoms with Gasteiger partial charge >= 0.3 is 0 Å². The molecule has 4 aromatic rings. The second-order valence-corrected chi connectivity index (χ2v) is 7.14. The van der Waals surface area contributed by atoms with E-state index in [4.69, 9.17) is 0 Å². The van der Waals surface area contributed by atoms with Gasteiger partial charge in [0.25, 0.3) is 11.1 Å². The number of nitrogens with zero attached hydrogens (tertiary/aromatic N) is 2. The lowest BCUT2D eigenvalue weighted by molar-refractivity contribution is 0.672. The fourth-order valence-electron chi connectivity index (χ4n) is 3.59. The first-order valence-corrected chi connectivity index (χ1v) is 9.36. The Morgan fingerprint density at radius 3 is 2.55 bits per heavy atom. The lowest BCUT2D eigenvalue weighted by atomic mass is 10.2. The lowest BCUT2D eigenvalue weighted by Gasteiger charge is -2.12. The fourth-order valence-corrected chi connectivity index (χ4v) is 3.59. The van der Waals surface area contributed by atoms with Crippen molar-refractivity contribution in [1.82, 2.24) is 14.3 Å². The van der Waals surface area contributed by atoms with E-state index < -0.39 is 0 Å². The van der Waals surface area contributed by atoms with Crippen LogP contribution in [-0.2, 0) is 6.54 Å². The third-order valence-corrected chi connectivity index (χ3v) is 4.81. The zero-order valence-corrected chi connectivity index (χ0v) is 16.4. The summed E-state index contributed by atoms with van der Waals surface area (Å²) in [6.07, 6.45) is 0. The highest BCUT2D eigenvalue weighted by Crippen LogP contribution is 2.19. The van der Waals surface area contributed by atoms with E-state index in [0.29, 0.717) is 28.8 Å². The predicted octanol–water partition coefficient (Wildman–Crippen LogP) is 3.78. The maximum atomic E-state index is 13.1. The van der Waals surface area contributed by atoms with Crippen LogP contribution in [0.25, 0.3) is 16.6 Å². The number of aromatic nitrogens is 3. The minimum atomic E-state index is -0.199. The van der Waals surface area contributed by atoms with Crippen LogP contribution in [-0.4, -0.2) is 14.3 Å². The number of pyridine rings is 1. The Labute approximate surface area is 167 Å². The van der Waals surface area contributed by atoms with Gasteiger partial charge in [-0.05, 0) is 37.6 Å². The summed E-state index contributed by atoms with van der Waals surface area (Å²) in [5, 5.41) is 6.74. The lowest BCUT2D eigenvalue weighted by Crippen LogP contribution is -2.22. The van der Waals surface area contributed by atoms with Crippen molar-refractivity contribution in [2.45, 2.75) is 20.4 Å². The molecular formula is C23H22N4O2. The molecule has 0 atom stereocenters. The number of H-pyrrole nitrogens is 1. The average molecular weight is 386 g/mol. The minimum Gasteiger partial charge on any atom is -0.360 e. The van der Waals surface area contributed by atoms with E-state index in [1.165, 1.54) is 10.7 Å². The molecule has 2 N–H and O–H groups in total. The van der Waals surface area contributed by atoms with Crippen molar-refractivity contribution < 1.29 is 0 Å². The number of hydrogen-bond acceptors (Lipinski definition) is 3. The number of anilines is 1. The summed E-state index contributed by atoms with van der Waals surface area (Å²) in [6.45, 7) is 7.93. The smallest absolute Gasteiger partial charge is 0.276 e. The van der Waals surface area contributed by atoms with E-state index in [1.54, 1.807) is 11.5 Å². The number of benzene rings is 2. The topological polar surface area (TPSA) is 71.8 Å². The van der Waals surface area contributed by atoms with E-state index in [-0.39, 0.29) is 11.1 Å². The van der Waals surface area contributed by atoms with E-state index in [0.717, 1.165) is 16.9 Å². The van der Waals surface area contributed by atoms with Gasteiger partial charge in [-0.1, -0.05) is 43.0 Å². The van der Waals surface area contributed by atoms with Crippen LogP contribution in [0, 0.1) is 6.92 Å². The van der Waals surface area contributed by atoms with Crippen molar-refractivity contribution in [1.29, 1.82) is 0 Å². The van der Waals surface area contributed by atoms with Crippen LogP contribution in [0.15, 0.2) is 82.5 Å². The minimum absolute atomic E-state index is 0.147. The maximum Gasteiger partial charge on any atom is 0.276 e. The van der Waals surface area contributed by atoms with Gasteiger partial charge in [0.05, 0.1) is 23.1 Å². The first kappa shape index (κ1) is 18.6. The fraction of sp³-hybridized carbons (Fsp3) is 0.130. The van der Waals surface area contributed by atoms with Crippen LogP contribution in [0.4, 0.5) is 5.69 Å². The summed E-state index contributed by atoms with van der Waals surface area (Å²) >= 11 is 0. The van der Waals surface area contributed by atoms with Crippen molar-refractivity contribution in [2.75, 3.05) is 5.32 Å². The SMILES string of the molecule is C=C(C)Nc1cccc(-n2c(C)c3c(=O)n(Cc4ccccc4)[nH]c3cc2=O)c1. The molecule has 0 aliphatic rings. The number of hydrogen-bond donors (Lipinski definition) is 2. The molecule has 0 unspecified atom stereocenters. The van der Waals surface area contributed by atoms with Gasteiger partial charge in [-0.15, -0.1) is 0 Å². The normalized spacial score (nSPS) is 11.0. The highest BCUT2D eigenvalue weighted by molar-refractivity contribution is 5.80. The number of rotatable bonds is 5. The van der Waals surface area contributed by atoms with Gasteiger partial charge < -0.3 is 5.32 Å². The number of aromatic amines is 1. The molecule has 0 aliphatic carbocycles. The standard InChI is InChI=1S/C23H22N4O2/c1-15(2)24-18-10-7-11-19(12-18)27-16(3)22-20(13-21(27)28)25-26(23(22)29)14-17-8-5-4-6-9-17/h4-13,24-25H,1,14H2,2-3H3. The summed E-state index contributed by atoms with van der Waals surface area (Å²) in [5.74, 6) is 0. The Morgan fingerprint density at radius 2 is 1.83 bits per heavy atom. The second kappa shape index (κ2) is 7.31. The van der Waals surface area contributed by atoms with E-state index >= 15 is 0 Å². The number of allylic oxidation sites excluding steroid dienone is 1. The highest BCUT2D eigenvalue weighted by Gasteiger charge is 2.15. The summed E-state index contributed by atoms with van der Waals surface area (Å²) in [5.41, 5.74) is 4.13. The van der Waals surface area contributed by atoms with Crippen molar-refractivity contribution in [3.63, 3.8) is 0 Å². The summed E-state index contributed by atoms with van der Waals surface area (Å²) < 4.78 is 3.10. The van der Waals surface area contributed by atoms with Crippen LogP contribution in [0.3, 0.4) is 0 Å². The molecule has 0 saturated carbocycles. The second-order valence-electron chi connectivity index (χ2n) is 7.14.